The third-order valence-corrected chi connectivity index (χ3v) is 2.30. The first-order valence-corrected chi connectivity index (χ1v) is 5.66. The summed E-state index contributed by atoms with van der Waals surface area (Å²) in [7, 11) is 0. The van der Waals surface area contributed by atoms with Crippen molar-refractivity contribution in [1.82, 2.24) is 15.2 Å². The monoisotopic (exact) mass is 232 g/mol. The van der Waals surface area contributed by atoms with E-state index in [1.165, 1.54) is 0 Å². The van der Waals surface area contributed by atoms with Crippen molar-refractivity contribution in [2.45, 2.75) is 12.8 Å². The average molecular weight is 232 g/mol. The number of rotatable bonds is 6. The van der Waals surface area contributed by atoms with E-state index in [0.717, 1.165) is 23.8 Å². The first-order valence-electron chi connectivity index (χ1n) is 5.66. The largest absolute Gasteiger partial charge is 0.493 e. The van der Waals surface area contributed by atoms with Gasteiger partial charge in [0.2, 0.25) is 0 Å². The molecule has 0 amide bonds. The van der Waals surface area contributed by atoms with Crippen LogP contribution in [0, 0.1) is 0 Å². The summed E-state index contributed by atoms with van der Waals surface area (Å²) < 4.78 is 5.56. The Morgan fingerprint density at radius 3 is 2.76 bits per heavy atom. The van der Waals surface area contributed by atoms with E-state index in [4.69, 9.17) is 10.5 Å². The van der Waals surface area contributed by atoms with Gasteiger partial charge in [-0.2, -0.15) is 5.10 Å². The molecule has 5 nitrogen and oxygen atoms in total. The molecule has 0 spiro atoms. The van der Waals surface area contributed by atoms with E-state index in [2.05, 4.69) is 15.2 Å². The molecule has 2 aromatic rings. The summed E-state index contributed by atoms with van der Waals surface area (Å²) in [4.78, 5) is 4.30. The van der Waals surface area contributed by atoms with Gasteiger partial charge in [0.05, 0.1) is 6.61 Å². The molecule has 0 saturated heterocycles. The van der Waals surface area contributed by atoms with E-state index in [0.29, 0.717) is 19.6 Å². The molecule has 0 unspecified atom stereocenters. The Balaban J connectivity index is 1.78. The van der Waals surface area contributed by atoms with Crippen LogP contribution in [-0.2, 0) is 12.8 Å². The van der Waals surface area contributed by atoms with Crippen molar-refractivity contribution >= 4 is 0 Å². The van der Waals surface area contributed by atoms with Crippen LogP contribution < -0.4 is 10.5 Å². The fourth-order valence-corrected chi connectivity index (χ4v) is 1.47. The quantitative estimate of drug-likeness (QED) is 0.776. The molecular weight excluding hydrogens is 216 g/mol. The second-order valence-corrected chi connectivity index (χ2v) is 3.65. The maximum absolute atomic E-state index is 5.56. The summed E-state index contributed by atoms with van der Waals surface area (Å²) in [6.45, 7) is 1.15. The highest BCUT2D eigenvalue weighted by molar-refractivity contribution is 5.20. The highest BCUT2D eigenvalue weighted by atomic mass is 16.5. The minimum Gasteiger partial charge on any atom is -0.493 e. The molecule has 17 heavy (non-hydrogen) atoms. The molecule has 3 N–H and O–H groups in total. The first-order chi connectivity index (χ1) is 8.38. The summed E-state index contributed by atoms with van der Waals surface area (Å²) in [5, 5.41) is 6.95. The number of aromatic amines is 1. The third kappa shape index (κ3) is 3.57. The van der Waals surface area contributed by atoms with Crippen molar-refractivity contribution in [3.63, 3.8) is 0 Å². The van der Waals surface area contributed by atoms with E-state index in [-0.39, 0.29) is 0 Å². The third-order valence-electron chi connectivity index (χ3n) is 2.30. The van der Waals surface area contributed by atoms with Crippen LogP contribution in [0.3, 0.4) is 0 Å². The highest BCUT2D eigenvalue weighted by Gasteiger charge is 2.02. The predicted octanol–water partition coefficient (Wildman–Crippen LogP) is 0.927. The molecule has 0 aliphatic heterocycles. The van der Waals surface area contributed by atoms with Gasteiger partial charge in [0.25, 0.3) is 0 Å². The zero-order valence-corrected chi connectivity index (χ0v) is 9.60. The molecule has 1 heterocycles. The van der Waals surface area contributed by atoms with Crippen LogP contribution in [0.25, 0.3) is 0 Å². The number of nitrogens with zero attached hydrogens (tertiary/aromatic N) is 2. The lowest BCUT2D eigenvalue weighted by atomic mass is 10.3. The summed E-state index contributed by atoms with van der Waals surface area (Å²) in [6, 6.07) is 9.71. The van der Waals surface area contributed by atoms with Crippen molar-refractivity contribution < 1.29 is 4.74 Å². The highest BCUT2D eigenvalue weighted by Crippen LogP contribution is 2.08. The molecule has 0 aliphatic rings. The second-order valence-electron chi connectivity index (χ2n) is 3.65. The van der Waals surface area contributed by atoms with Crippen LogP contribution in [0.1, 0.15) is 11.6 Å². The first kappa shape index (κ1) is 11.6. The second kappa shape index (κ2) is 6.00. The standard InChI is InChI=1S/C12H16N4O/c13-8-6-11-14-12(16-15-11)7-9-17-10-4-2-1-3-5-10/h1-5H,6-9,13H2,(H,14,15,16). The number of ether oxygens (including phenoxy) is 1. The fraction of sp³-hybridized carbons (Fsp3) is 0.333. The number of H-pyrrole nitrogens is 1. The lowest BCUT2D eigenvalue weighted by Gasteiger charge is -2.03. The molecule has 0 radical (unpaired) electrons. The Morgan fingerprint density at radius 2 is 2.00 bits per heavy atom. The SMILES string of the molecule is NCCc1nc(CCOc2ccccc2)n[nH]1. The minimum atomic E-state index is 0.573. The van der Waals surface area contributed by atoms with Gasteiger partial charge in [-0.25, -0.2) is 4.98 Å². The van der Waals surface area contributed by atoms with Gasteiger partial charge in [-0.05, 0) is 18.7 Å². The van der Waals surface area contributed by atoms with Gasteiger partial charge in [0, 0.05) is 12.8 Å². The van der Waals surface area contributed by atoms with Crippen molar-refractivity contribution in [2.75, 3.05) is 13.2 Å². The van der Waals surface area contributed by atoms with E-state index in [1.54, 1.807) is 0 Å². The number of nitrogens with one attached hydrogen (secondary N) is 1. The lowest BCUT2D eigenvalue weighted by Crippen LogP contribution is -2.05. The van der Waals surface area contributed by atoms with Gasteiger partial charge in [0.15, 0.2) is 5.82 Å². The predicted molar refractivity (Wildman–Crippen MR) is 64.8 cm³/mol. The number of aromatic nitrogens is 3. The van der Waals surface area contributed by atoms with Crippen LogP contribution in [0.15, 0.2) is 30.3 Å². The van der Waals surface area contributed by atoms with E-state index in [9.17, 15) is 0 Å². The number of para-hydroxylation sites is 1. The Labute approximate surface area is 100 Å². The lowest BCUT2D eigenvalue weighted by molar-refractivity contribution is 0.319. The zero-order valence-electron chi connectivity index (χ0n) is 9.60. The normalized spacial score (nSPS) is 10.4. The maximum atomic E-state index is 5.56. The van der Waals surface area contributed by atoms with E-state index < -0.39 is 0 Å². The van der Waals surface area contributed by atoms with Gasteiger partial charge in [-0.1, -0.05) is 18.2 Å². The number of nitrogens with two attached hydrogens (primary N) is 1. The minimum absolute atomic E-state index is 0.573. The molecule has 0 fully saturated rings. The summed E-state index contributed by atoms with van der Waals surface area (Å²) >= 11 is 0. The molecule has 1 aromatic carbocycles. The molecule has 90 valence electrons. The van der Waals surface area contributed by atoms with Gasteiger partial charge >= 0.3 is 0 Å². The fourth-order valence-electron chi connectivity index (χ4n) is 1.47. The van der Waals surface area contributed by atoms with Gasteiger partial charge in [-0.3, -0.25) is 5.10 Å². The Morgan fingerprint density at radius 1 is 1.18 bits per heavy atom. The molecule has 0 atom stereocenters. The van der Waals surface area contributed by atoms with Crippen molar-refractivity contribution in [3.8, 4) is 5.75 Å². The van der Waals surface area contributed by atoms with Gasteiger partial charge in [0.1, 0.15) is 11.6 Å². The number of hydrogen-bond donors (Lipinski definition) is 2. The van der Waals surface area contributed by atoms with Crippen LogP contribution in [-0.4, -0.2) is 28.3 Å². The number of benzene rings is 1. The van der Waals surface area contributed by atoms with Crippen LogP contribution in [0.5, 0.6) is 5.75 Å². The summed E-state index contributed by atoms with van der Waals surface area (Å²) in [5.41, 5.74) is 5.43. The topological polar surface area (TPSA) is 76.8 Å². The van der Waals surface area contributed by atoms with E-state index >= 15 is 0 Å². The van der Waals surface area contributed by atoms with Crippen molar-refractivity contribution in [3.05, 3.63) is 42.0 Å². The summed E-state index contributed by atoms with van der Waals surface area (Å²) in [6.07, 6.45) is 1.42. The molecule has 0 aliphatic carbocycles. The average Bonchev–Trinajstić information content (AvgIpc) is 2.79. The van der Waals surface area contributed by atoms with Gasteiger partial charge < -0.3 is 10.5 Å². The molecule has 0 bridgehead atoms. The Hall–Kier alpha value is -1.88. The van der Waals surface area contributed by atoms with Crippen LogP contribution >= 0.6 is 0 Å². The Bertz CT molecular complexity index is 441. The van der Waals surface area contributed by atoms with Crippen molar-refractivity contribution in [1.29, 1.82) is 0 Å². The van der Waals surface area contributed by atoms with Gasteiger partial charge in [-0.15, -0.1) is 0 Å². The Kier molecular flexibility index (Phi) is 4.10. The molecule has 5 heteroatoms. The smallest absolute Gasteiger partial charge is 0.154 e. The van der Waals surface area contributed by atoms with Crippen LogP contribution in [0.4, 0.5) is 0 Å². The molecule has 0 saturated carbocycles. The maximum Gasteiger partial charge on any atom is 0.154 e. The summed E-state index contributed by atoms with van der Waals surface area (Å²) in [5.74, 6) is 2.47. The molecule has 1 aromatic heterocycles. The van der Waals surface area contributed by atoms with Crippen molar-refractivity contribution in [2.24, 2.45) is 5.73 Å². The molecular formula is C12H16N4O. The molecule has 2 rings (SSSR count). The number of hydrogen-bond acceptors (Lipinski definition) is 4. The van der Waals surface area contributed by atoms with E-state index in [1.807, 2.05) is 30.3 Å². The zero-order chi connectivity index (χ0) is 11.9. The van der Waals surface area contributed by atoms with Crippen LogP contribution in [0.2, 0.25) is 0 Å².